The van der Waals surface area contributed by atoms with Gasteiger partial charge in [-0.15, -0.1) is 11.8 Å². The van der Waals surface area contributed by atoms with Crippen molar-refractivity contribution in [3.8, 4) is 0 Å². The van der Waals surface area contributed by atoms with Gasteiger partial charge in [0.25, 0.3) is 0 Å². The van der Waals surface area contributed by atoms with Crippen LogP contribution in [-0.2, 0) is 14.4 Å². The number of thioether (sulfide) groups is 1. The van der Waals surface area contributed by atoms with E-state index in [1.807, 2.05) is 32.0 Å². The number of nitrogens with one attached hydrogen (secondary N) is 2. The number of aryl methyl sites for hydroxylation is 2. The number of benzene rings is 1. The van der Waals surface area contributed by atoms with E-state index in [9.17, 15) is 19.5 Å². The first-order valence-electron chi connectivity index (χ1n) is 10.5. The minimum Gasteiger partial charge on any atom is -0.396 e. The van der Waals surface area contributed by atoms with Crippen LogP contribution >= 0.6 is 11.8 Å². The predicted molar refractivity (Wildman–Crippen MR) is 116 cm³/mol. The summed E-state index contributed by atoms with van der Waals surface area (Å²) in [4.78, 5) is 41.3. The van der Waals surface area contributed by atoms with Crippen molar-refractivity contribution in [3.63, 3.8) is 0 Å². The second-order valence-electron chi connectivity index (χ2n) is 8.59. The molecule has 3 N–H and O–H groups in total. The molecule has 7 nitrogen and oxygen atoms in total. The largest absolute Gasteiger partial charge is 0.396 e. The van der Waals surface area contributed by atoms with Crippen molar-refractivity contribution in [2.45, 2.75) is 49.1 Å². The number of fused-ring (bicyclic) bond motifs is 1. The van der Waals surface area contributed by atoms with Crippen molar-refractivity contribution in [3.05, 3.63) is 29.3 Å². The first-order valence-corrected chi connectivity index (χ1v) is 11.4. The van der Waals surface area contributed by atoms with Crippen LogP contribution in [0, 0.1) is 25.7 Å². The molecule has 162 valence electrons. The van der Waals surface area contributed by atoms with Crippen LogP contribution < -0.4 is 10.6 Å². The lowest BCUT2D eigenvalue weighted by Gasteiger charge is -2.34. The van der Waals surface area contributed by atoms with Crippen molar-refractivity contribution in [2.75, 3.05) is 25.5 Å². The van der Waals surface area contributed by atoms with Gasteiger partial charge in [0.05, 0.1) is 16.6 Å². The van der Waals surface area contributed by atoms with Crippen molar-refractivity contribution < 1.29 is 19.5 Å². The van der Waals surface area contributed by atoms with Crippen LogP contribution in [-0.4, -0.2) is 64.0 Å². The van der Waals surface area contributed by atoms with Gasteiger partial charge in [-0.1, -0.05) is 12.1 Å². The number of nitrogens with zero attached hydrogens (tertiary/aromatic N) is 1. The molecule has 3 saturated heterocycles. The fourth-order valence-corrected chi connectivity index (χ4v) is 7.69. The van der Waals surface area contributed by atoms with Crippen LogP contribution in [0.25, 0.3) is 0 Å². The molecule has 3 fully saturated rings. The van der Waals surface area contributed by atoms with Gasteiger partial charge < -0.3 is 20.6 Å². The third-order valence-electron chi connectivity index (χ3n) is 6.81. The summed E-state index contributed by atoms with van der Waals surface area (Å²) < 4.78 is -0.587. The molecule has 0 saturated carbocycles. The second kappa shape index (κ2) is 7.89. The minimum absolute atomic E-state index is 0.0542. The lowest BCUT2D eigenvalue weighted by atomic mass is 9.70. The van der Waals surface area contributed by atoms with Crippen LogP contribution in [0.15, 0.2) is 18.2 Å². The van der Waals surface area contributed by atoms with Crippen molar-refractivity contribution in [1.82, 2.24) is 10.2 Å². The Morgan fingerprint density at radius 2 is 2.07 bits per heavy atom. The van der Waals surface area contributed by atoms with Gasteiger partial charge in [0.15, 0.2) is 0 Å². The molecule has 2 unspecified atom stereocenters. The molecular formula is C22H29N3O4S. The number of aliphatic hydroxyl groups is 1. The monoisotopic (exact) mass is 431 g/mol. The summed E-state index contributed by atoms with van der Waals surface area (Å²) in [6, 6.07) is 5.25. The maximum atomic E-state index is 13.6. The Bertz CT molecular complexity index is 891. The fourth-order valence-electron chi connectivity index (χ4n) is 5.47. The first kappa shape index (κ1) is 21.2. The maximum absolute atomic E-state index is 13.6. The zero-order valence-corrected chi connectivity index (χ0v) is 18.4. The summed E-state index contributed by atoms with van der Waals surface area (Å²) in [5, 5.41) is 15.2. The Hall–Kier alpha value is -2.06. The number of carbonyl (C=O) groups is 3. The van der Waals surface area contributed by atoms with E-state index in [0.717, 1.165) is 29.7 Å². The Balaban J connectivity index is 1.70. The van der Waals surface area contributed by atoms with Crippen molar-refractivity contribution in [1.29, 1.82) is 0 Å². The van der Waals surface area contributed by atoms with Crippen LogP contribution in [0.1, 0.15) is 30.4 Å². The quantitative estimate of drug-likeness (QED) is 0.633. The average molecular weight is 432 g/mol. The number of aliphatic hydroxyl groups excluding tert-OH is 1. The molecule has 0 aliphatic carbocycles. The molecule has 3 aliphatic rings. The van der Waals surface area contributed by atoms with Gasteiger partial charge in [-0.25, -0.2) is 0 Å². The lowest BCUT2D eigenvalue weighted by molar-refractivity contribution is -0.139. The van der Waals surface area contributed by atoms with Gasteiger partial charge in [-0.2, -0.15) is 0 Å². The number of amides is 3. The highest BCUT2D eigenvalue weighted by molar-refractivity contribution is 8.02. The van der Waals surface area contributed by atoms with E-state index < -0.39 is 22.6 Å². The number of rotatable bonds is 6. The molecular weight excluding hydrogens is 402 g/mol. The smallest absolute Gasteiger partial charge is 0.248 e. The standard InChI is InChI=1S/C22H29N3O4S/c1-12-5-6-13(2)14(11-12)24-20(28)18-22-8-7-15(30-22)16(19(27)23-3)17(22)21(29)25(18)9-4-10-26/h5-6,11,15-18,26H,4,7-10H2,1-3H3,(H,23,27)(H,24,28)/t15-,16+,17-,18?,22?/m0/s1. The summed E-state index contributed by atoms with van der Waals surface area (Å²) >= 11 is 1.65. The topological polar surface area (TPSA) is 98.7 Å². The summed E-state index contributed by atoms with van der Waals surface area (Å²) in [5.41, 5.74) is 2.75. The fraction of sp³-hybridized carbons (Fsp3) is 0.591. The highest BCUT2D eigenvalue weighted by atomic mass is 32.2. The van der Waals surface area contributed by atoms with E-state index in [4.69, 9.17) is 0 Å². The van der Waals surface area contributed by atoms with Gasteiger partial charge in [-0.05, 0) is 50.3 Å². The van der Waals surface area contributed by atoms with Crippen molar-refractivity contribution >= 4 is 35.2 Å². The summed E-state index contributed by atoms with van der Waals surface area (Å²) in [7, 11) is 1.60. The summed E-state index contributed by atoms with van der Waals surface area (Å²) in [6.07, 6.45) is 1.97. The molecule has 8 heteroatoms. The summed E-state index contributed by atoms with van der Waals surface area (Å²) in [5.74, 6) is -1.35. The molecule has 1 aromatic carbocycles. The van der Waals surface area contributed by atoms with Crippen LogP contribution in [0.5, 0.6) is 0 Å². The Morgan fingerprint density at radius 3 is 2.77 bits per heavy atom. The van der Waals surface area contributed by atoms with E-state index in [-0.39, 0.29) is 29.6 Å². The minimum atomic E-state index is -0.647. The highest BCUT2D eigenvalue weighted by Crippen LogP contribution is 2.66. The van der Waals surface area contributed by atoms with E-state index in [1.54, 1.807) is 23.7 Å². The van der Waals surface area contributed by atoms with Gasteiger partial charge in [-0.3, -0.25) is 14.4 Å². The van der Waals surface area contributed by atoms with Crippen molar-refractivity contribution in [2.24, 2.45) is 11.8 Å². The lowest BCUT2D eigenvalue weighted by Crippen LogP contribution is -2.51. The molecule has 0 aromatic heterocycles. The maximum Gasteiger partial charge on any atom is 0.248 e. The zero-order valence-electron chi connectivity index (χ0n) is 17.6. The third kappa shape index (κ3) is 3.12. The van der Waals surface area contributed by atoms with E-state index in [2.05, 4.69) is 10.6 Å². The van der Waals surface area contributed by atoms with E-state index >= 15 is 0 Å². The Morgan fingerprint density at radius 1 is 1.30 bits per heavy atom. The summed E-state index contributed by atoms with van der Waals surface area (Å²) in [6.45, 7) is 4.17. The SMILES string of the molecule is CNC(=O)[C@@H]1[C@@H]2CCC3(S2)C(C(=O)Nc2cc(C)ccc2C)N(CCCO)C(=O)[C@H]13. The predicted octanol–water partition coefficient (Wildman–Crippen LogP) is 1.46. The molecule has 2 bridgehead atoms. The normalized spacial score (nSPS) is 31.7. The molecule has 3 aliphatic heterocycles. The van der Waals surface area contributed by atoms with Gasteiger partial charge in [0.1, 0.15) is 6.04 Å². The molecule has 30 heavy (non-hydrogen) atoms. The van der Waals surface area contributed by atoms with Gasteiger partial charge in [0, 0.05) is 31.1 Å². The van der Waals surface area contributed by atoms with E-state index in [1.165, 1.54) is 0 Å². The molecule has 4 rings (SSSR count). The highest BCUT2D eigenvalue weighted by Gasteiger charge is 2.73. The van der Waals surface area contributed by atoms with E-state index in [0.29, 0.717) is 13.0 Å². The molecule has 1 aromatic rings. The Labute approximate surface area is 181 Å². The van der Waals surface area contributed by atoms with Gasteiger partial charge in [0.2, 0.25) is 17.7 Å². The average Bonchev–Trinajstić information content (AvgIpc) is 3.36. The molecule has 1 spiro atoms. The number of carbonyl (C=O) groups excluding carboxylic acids is 3. The molecule has 3 amide bonds. The number of hydrogen-bond donors (Lipinski definition) is 3. The first-order chi connectivity index (χ1) is 14.3. The number of anilines is 1. The Kier molecular flexibility index (Phi) is 5.57. The van der Waals surface area contributed by atoms with Crippen LogP contribution in [0.4, 0.5) is 5.69 Å². The number of likely N-dealkylation sites (tertiary alicyclic amines) is 1. The third-order valence-corrected chi connectivity index (χ3v) is 8.76. The second-order valence-corrected chi connectivity index (χ2v) is 10.2. The number of hydrogen-bond acceptors (Lipinski definition) is 5. The molecule has 0 radical (unpaired) electrons. The molecule has 5 atom stereocenters. The van der Waals surface area contributed by atoms with Crippen LogP contribution in [0.3, 0.4) is 0 Å². The zero-order chi connectivity index (χ0) is 21.6. The van der Waals surface area contributed by atoms with Crippen LogP contribution in [0.2, 0.25) is 0 Å². The van der Waals surface area contributed by atoms with Gasteiger partial charge >= 0.3 is 0 Å². The molecule has 3 heterocycles.